The monoisotopic (exact) mass is 385 g/mol. The van der Waals surface area contributed by atoms with Crippen LogP contribution in [-0.4, -0.2) is 62.6 Å². The van der Waals surface area contributed by atoms with Crippen molar-refractivity contribution in [2.24, 2.45) is 0 Å². The molecule has 28 heavy (non-hydrogen) atoms. The first-order chi connectivity index (χ1) is 13.5. The molecule has 0 bridgehead atoms. The molecule has 1 fully saturated rings. The minimum absolute atomic E-state index is 0.0563. The Hall–Kier alpha value is -2.44. The molecule has 150 valence electrons. The molecule has 1 heterocycles. The van der Waals surface area contributed by atoms with Gasteiger partial charge in [0.2, 0.25) is 5.91 Å². The van der Waals surface area contributed by atoms with Crippen molar-refractivity contribution in [2.45, 2.75) is 12.5 Å². The number of methoxy groups -OCH3 is 1. The number of amides is 1. The van der Waals surface area contributed by atoms with Gasteiger partial charge in [0.25, 0.3) is 0 Å². The molecule has 0 radical (unpaired) electrons. The molecular formula is C22H28FN3O2. The summed E-state index contributed by atoms with van der Waals surface area (Å²) < 4.78 is 18.3. The molecule has 0 aromatic heterocycles. The molecule has 0 unspecified atom stereocenters. The lowest BCUT2D eigenvalue weighted by molar-refractivity contribution is -0.120. The van der Waals surface area contributed by atoms with Gasteiger partial charge in [-0.25, -0.2) is 4.39 Å². The molecule has 5 nitrogen and oxygen atoms in total. The number of carbonyl (C=O) groups is 1. The van der Waals surface area contributed by atoms with Crippen LogP contribution in [0.1, 0.15) is 17.2 Å². The number of nitrogens with one attached hydrogen (secondary N) is 1. The van der Waals surface area contributed by atoms with E-state index in [0.29, 0.717) is 6.54 Å². The number of piperazine rings is 1. The Morgan fingerprint density at radius 1 is 1.07 bits per heavy atom. The standard InChI is InChI=1S/C22H28FN3O2/c1-25-11-13-26(14-12-25)21(18-5-9-20(28-2)10-6-18)16-24-22(27)15-17-3-7-19(23)8-4-17/h3-10,21H,11-16H2,1-2H3,(H,24,27)/t21-/m0/s1. The van der Waals surface area contributed by atoms with Gasteiger partial charge in [0.1, 0.15) is 11.6 Å². The summed E-state index contributed by atoms with van der Waals surface area (Å²) in [5, 5.41) is 3.06. The van der Waals surface area contributed by atoms with Crippen LogP contribution in [0.2, 0.25) is 0 Å². The van der Waals surface area contributed by atoms with E-state index in [9.17, 15) is 9.18 Å². The highest BCUT2D eigenvalue weighted by Gasteiger charge is 2.24. The molecule has 1 N–H and O–H groups in total. The third-order valence-corrected chi connectivity index (χ3v) is 5.25. The van der Waals surface area contributed by atoms with Crippen molar-refractivity contribution in [3.8, 4) is 5.75 Å². The minimum atomic E-state index is -0.293. The molecular weight excluding hydrogens is 357 g/mol. The fourth-order valence-corrected chi connectivity index (χ4v) is 3.48. The summed E-state index contributed by atoms with van der Waals surface area (Å²) in [6, 6.07) is 14.2. The zero-order valence-corrected chi connectivity index (χ0v) is 16.5. The van der Waals surface area contributed by atoms with E-state index in [4.69, 9.17) is 4.74 Å². The van der Waals surface area contributed by atoms with Crippen molar-refractivity contribution in [1.29, 1.82) is 0 Å². The molecule has 0 spiro atoms. The van der Waals surface area contributed by atoms with Gasteiger partial charge >= 0.3 is 0 Å². The molecule has 2 aromatic carbocycles. The van der Waals surface area contributed by atoms with Gasteiger partial charge in [-0.05, 0) is 42.4 Å². The summed E-state index contributed by atoms with van der Waals surface area (Å²) in [6.07, 6.45) is 0.248. The number of ether oxygens (including phenoxy) is 1. The first-order valence-corrected chi connectivity index (χ1v) is 9.63. The number of benzene rings is 2. The lowest BCUT2D eigenvalue weighted by Gasteiger charge is -2.38. The Morgan fingerprint density at radius 3 is 2.32 bits per heavy atom. The number of hydrogen-bond donors (Lipinski definition) is 1. The predicted octanol–water partition coefficient (Wildman–Crippen LogP) is 2.48. The third kappa shape index (κ3) is 5.53. The number of rotatable bonds is 7. The van der Waals surface area contributed by atoms with Crippen molar-refractivity contribution in [2.75, 3.05) is 46.9 Å². The molecule has 1 aliphatic heterocycles. The van der Waals surface area contributed by atoms with E-state index in [1.807, 2.05) is 12.1 Å². The van der Waals surface area contributed by atoms with Crippen LogP contribution >= 0.6 is 0 Å². The summed E-state index contributed by atoms with van der Waals surface area (Å²) in [4.78, 5) is 17.1. The smallest absolute Gasteiger partial charge is 0.224 e. The van der Waals surface area contributed by atoms with Gasteiger partial charge in [0, 0.05) is 32.7 Å². The van der Waals surface area contributed by atoms with Crippen LogP contribution in [0.25, 0.3) is 0 Å². The summed E-state index contributed by atoms with van der Waals surface area (Å²) >= 11 is 0. The van der Waals surface area contributed by atoms with Crippen LogP contribution in [0.4, 0.5) is 4.39 Å². The van der Waals surface area contributed by atoms with Crippen LogP contribution in [-0.2, 0) is 11.2 Å². The SMILES string of the molecule is COc1ccc([C@H](CNC(=O)Cc2ccc(F)cc2)N2CCN(C)CC2)cc1. The molecule has 0 saturated carbocycles. The van der Waals surface area contributed by atoms with E-state index in [1.165, 1.54) is 12.1 Å². The Bertz CT molecular complexity index is 756. The topological polar surface area (TPSA) is 44.8 Å². The number of nitrogens with zero attached hydrogens (tertiary/aromatic N) is 2. The lowest BCUT2D eigenvalue weighted by Crippen LogP contribution is -2.48. The van der Waals surface area contributed by atoms with E-state index >= 15 is 0 Å². The van der Waals surface area contributed by atoms with Crippen molar-refractivity contribution < 1.29 is 13.9 Å². The molecule has 3 rings (SSSR count). The molecule has 6 heteroatoms. The highest BCUT2D eigenvalue weighted by Crippen LogP contribution is 2.24. The average Bonchev–Trinajstić information content (AvgIpc) is 2.71. The van der Waals surface area contributed by atoms with Gasteiger partial charge in [0.15, 0.2) is 0 Å². The third-order valence-electron chi connectivity index (χ3n) is 5.25. The van der Waals surface area contributed by atoms with Gasteiger partial charge in [-0.15, -0.1) is 0 Å². The van der Waals surface area contributed by atoms with Crippen LogP contribution in [0.3, 0.4) is 0 Å². The summed E-state index contributed by atoms with van der Waals surface area (Å²) in [6.45, 7) is 4.48. The predicted molar refractivity (Wildman–Crippen MR) is 108 cm³/mol. The van der Waals surface area contributed by atoms with Crippen LogP contribution in [0.5, 0.6) is 5.75 Å². The molecule has 1 amide bonds. The van der Waals surface area contributed by atoms with Crippen molar-refractivity contribution >= 4 is 5.91 Å². The van der Waals surface area contributed by atoms with E-state index in [2.05, 4.69) is 34.3 Å². The second kappa shape index (κ2) is 9.66. The van der Waals surface area contributed by atoms with Crippen LogP contribution in [0.15, 0.2) is 48.5 Å². The fourth-order valence-electron chi connectivity index (χ4n) is 3.48. The summed E-state index contributed by atoms with van der Waals surface area (Å²) in [5.41, 5.74) is 1.96. The van der Waals surface area contributed by atoms with Crippen LogP contribution in [0, 0.1) is 5.82 Å². The summed E-state index contributed by atoms with van der Waals surface area (Å²) in [7, 11) is 3.78. The number of likely N-dealkylation sites (N-methyl/N-ethyl adjacent to an activating group) is 1. The Morgan fingerprint density at radius 2 is 1.71 bits per heavy atom. The van der Waals surface area contributed by atoms with E-state index in [0.717, 1.165) is 43.1 Å². The highest BCUT2D eigenvalue weighted by atomic mass is 19.1. The highest BCUT2D eigenvalue weighted by molar-refractivity contribution is 5.78. The normalized spacial score (nSPS) is 16.5. The zero-order valence-electron chi connectivity index (χ0n) is 16.5. The first kappa shape index (κ1) is 20.3. The molecule has 2 aromatic rings. The van der Waals surface area contributed by atoms with Gasteiger partial charge in [0.05, 0.1) is 19.6 Å². The van der Waals surface area contributed by atoms with Gasteiger partial charge in [-0.2, -0.15) is 0 Å². The van der Waals surface area contributed by atoms with E-state index < -0.39 is 0 Å². The number of carbonyl (C=O) groups excluding carboxylic acids is 1. The summed E-state index contributed by atoms with van der Waals surface area (Å²) in [5.74, 6) is 0.472. The maximum atomic E-state index is 13.0. The number of halogens is 1. The first-order valence-electron chi connectivity index (χ1n) is 9.63. The van der Waals surface area contributed by atoms with E-state index in [1.54, 1.807) is 19.2 Å². The second-order valence-corrected chi connectivity index (χ2v) is 7.24. The number of hydrogen-bond acceptors (Lipinski definition) is 4. The zero-order chi connectivity index (χ0) is 19.9. The quantitative estimate of drug-likeness (QED) is 0.795. The molecule has 1 aliphatic rings. The molecule has 1 atom stereocenters. The largest absolute Gasteiger partial charge is 0.497 e. The Balaban J connectivity index is 1.65. The van der Waals surface area contributed by atoms with Gasteiger partial charge in [-0.3, -0.25) is 9.69 Å². The average molecular weight is 385 g/mol. The van der Waals surface area contributed by atoms with Gasteiger partial charge < -0.3 is 15.0 Å². The minimum Gasteiger partial charge on any atom is -0.497 e. The van der Waals surface area contributed by atoms with Crippen molar-refractivity contribution in [3.63, 3.8) is 0 Å². The second-order valence-electron chi connectivity index (χ2n) is 7.24. The molecule has 0 aliphatic carbocycles. The Labute approximate surface area is 166 Å². The van der Waals surface area contributed by atoms with E-state index in [-0.39, 0.29) is 24.2 Å². The maximum Gasteiger partial charge on any atom is 0.224 e. The Kier molecular flexibility index (Phi) is 7.01. The fraction of sp³-hybridized carbons (Fsp3) is 0.409. The van der Waals surface area contributed by atoms with Crippen molar-refractivity contribution in [1.82, 2.24) is 15.1 Å². The van der Waals surface area contributed by atoms with Crippen LogP contribution < -0.4 is 10.1 Å². The lowest BCUT2D eigenvalue weighted by atomic mass is 10.0. The van der Waals surface area contributed by atoms with Crippen molar-refractivity contribution in [3.05, 3.63) is 65.5 Å². The molecule has 1 saturated heterocycles. The van der Waals surface area contributed by atoms with Gasteiger partial charge in [-0.1, -0.05) is 24.3 Å². The maximum absolute atomic E-state index is 13.0.